The molecule has 0 spiro atoms. The van der Waals surface area contributed by atoms with Crippen molar-refractivity contribution >= 4 is 6.21 Å². The van der Waals surface area contributed by atoms with Gasteiger partial charge >= 0.3 is 0 Å². The lowest BCUT2D eigenvalue weighted by Crippen LogP contribution is -2.01. The molecule has 0 aliphatic carbocycles. The van der Waals surface area contributed by atoms with Gasteiger partial charge in [0.2, 0.25) is 0 Å². The highest BCUT2D eigenvalue weighted by molar-refractivity contribution is 5.70. The number of hydrogen-bond donors (Lipinski definition) is 1. The fraction of sp³-hybridized carbons (Fsp3) is 0.0714. The predicted molar refractivity (Wildman–Crippen MR) is 63.5 cm³/mol. The van der Waals surface area contributed by atoms with Gasteiger partial charge in [0, 0.05) is 12.1 Å². The molecule has 74 valence electrons. The fourth-order valence-corrected chi connectivity index (χ4v) is 1.71. The van der Waals surface area contributed by atoms with Gasteiger partial charge in [-0.25, -0.2) is 0 Å². The molecule has 0 aliphatic heterocycles. The van der Waals surface area contributed by atoms with E-state index >= 15 is 0 Å². The zero-order valence-corrected chi connectivity index (χ0v) is 8.43. The molecular formula is C14H13N. The van der Waals surface area contributed by atoms with Gasteiger partial charge in [-0.2, -0.15) is 0 Å². The third-order valence-electron chi connectivity index (χ3n) is 2.48. The van der Waals surface area contributed by atoms with Gasteiger partial charge in [-0.3, -0.25) is 0 Å². The Morgan fingerprint density at radius 1 is 0.733 bits per heavy atom. The zero-order valence-electron chi connectivity index (χ0n) is 8.43. The maximum atomic E-state index is 7.51. The van der Waals surface area contributed by atoms with Gasteiger partial charge in [0.15, 0.2) is 0 Å². The van der Waals surface area contributed by atoms with Crippen LogP contribution in [-0.2, 0) is 0 Å². The van der Waals surface area contributed by atoms with Crippen LogP contribution in [0.1, 0.15) is 17.0 Å². The Bertz CT molecular complexity index is 380. The molecule has 15 heavy (non-hydrogen) atoms. The molecule has 1 nitrogen and oxygen atoms in total. The quantitative estimate of drug-likeness (QED) is 0.725. The van der Waals surface area contributed by atoms with Gasteiger partial charge in [0.05, 0.1) is 0 Å². The van der Waals surface area contributed by atoms with Gasteiger partial charge in [-0.1, -0.05) is 60.7 Å². The van der Waals surface area contributed by atoms with Crippen molar-refractivity contribution in [1.82, 2.24) is 0 Å². The lowest BCUT2D eigenvalue weighted by molar-refractivity contribution is 1.09. The van der Waals surface area contributed by atoms with Crippen LogP contribution in [0.4, 0.5) is 0 Å². The summed E-state index contributed by atoms with van der Waals surface area (Å²) in [5.74, 6) is 0.0763. The molecule has 0 amide bonds. The molecule has 0 radical (unpaired) electrons. The highest BCUT2D eigenvalue weighted by Gasteiger charge is 2.09. The fourth-order valence-electron chi connectivity index (χ4n) is 1.71. The lowest BCUT2D eigenvalue weighted by atomic mass is 9.93. The van der Waals surface area contributed by atoms with Crippen LogP contribution in [0.5, 0.6) is 0 Å². The minimum Gasteiger partial charge on any atom is -0.312 e. The molecular weight excluding hydrogens is 182 g/mol. The Hall–Kier alpha value is -1.89. The first kappa shape index (κ1) is 9.66. The Kier molecular flexibility index (Phi) is 2.93. The van der Waals surface area contributed by atoms with Crippen LogP contribution in [0.2, 0.25) is 0 Å². The van der Waals surface area contributed by atoms with E-state index in [9.17, 15) is 0 Å². The van der Waals surface area contributed by atoms with Gasteiger partial charge in [0.1, 0.15) is 0 Å². The standard InChI is InChI=1S/C14H13N/c15-11-14(12-7-3-1-4-8-12)13-9-5-2-6-10-13/h1-11,14-15H. The molecule has 2 rings (SSSR count). The van der Waals surface area contributed by atoms with Crippen molar-refractivity contribution in [3.05, 3.63) is 71.8 Å². The van der Waals surface area contributed by atoms with Gasteiger partial charge in [-0.05, 0) is 11.1 Å². The maximum absolute atomic E-state index is 7.51. The first-order valence-electron chi connectivity index (χ1n) is 5.02. The summed E-state index contributed by atoms with van der Waals surface area (Å²) >= 11 is 0. The van der Waals surface area contributed by atoms with Crippen molar-refractivity contribution in [3.8, 4) is 0 Å². The Morgan fingerprint density at radius 2 is 1.13 bits per heavy atom. The van der Waals surface area contributed by atoms with E-state index < -0.39 is 0 Å². The molecule has 0 bridgehead atoms. The third-order valence-corrected chi connectivity index (χ3v) is 2.48. The Morgan fingerprint density at radius 3 is 1.47 bits per heavy atom. The minimum absolute atomic E-state index is 0.0763. The van der Waals surface area contributed by atoms with E-state index in [1.54, 1.807) is 0 Å². The highest BCUT2D eigenvalue weighted by Crippen LogP contribution is 2.21. The lowest BCUT2D eigenvalue weighted by Gasteiger charge is -2.11. The van der Waals surface area contributed by atoms with E-state index in [0.717, 1.165) is 0 Å². The normalized spacial score (nSPS) is 10.2. The van der Waals surface area contributed by atoms with Crippen molar-refractivity contribution in [2.45, 2.75) is 5.92 Å². The second kappa shape index (κ2) is 4.56. The highest BCUT2D eigenvalue weighted by atomic mass is 14.4. The smallest absolute Gasteiger partial charge is 0.0436 e. The molecule has 0 unspecified atom stereocenters. The summed E-state index contributed by atoms with van der Waals surface area (Å²) in [5, 5.41) is 7.51. The van der Waals surface area contributed by atoms with Gasteiger partial charge in [0.25, 0.3) is 0 Å². The van der Waals surface area contributed by atoms with Crippen LogP contribution >= 0.6 is 0 Å². The van der Waals surface area contributed by atoms with Crippen molar-refractivity contribution in [2.24, 2.45) is 0 Å². The van der Waals surface area contributed by atoms with E-state index in [4.69, 9.17) is 5.41 Å². The topological polar surface area (TPSA) is 23.9 Å². The average molecular weight is 195 g/mol. The second-order valence-electron chi connectivity index (χ2n) is 3.47. The molecule has 0 saturated heterocycles. The number of nitrogens with one attached hydrogen (secondary N) is 1. The van der Waals surface area contributed by atoms with Gasteiger partial charge in [-0.15, -0.1) is 0 Å². The molecule has 0 fully saturated rings. The van der Waals surface area contributed by atoms with E-state index in [-0.39, 0.29) is 5.92 Å². The molecule has 1 heteroatoms. The van der Waals surface area contributed by atoms with Crippen LogP contribution in [0.15, 0.2) is 60.7 Å². The van der Waals surface area contributed by atoms with E-state index in [0.29, 0.717) is 0 Å². The monoisotopic (exact) mass is 195 g/mol. The summed E-state index contributed by atoms with van der Waals surface area (Å²) in [6.07, 6.45) is 1.49. The van der Waals surface area contributed by atoms with E-state index in [1.807, 2.05) is 36.4 Å². The summed E-state index contributed by atoms with van der Waals surface area (Å²) in [6.45, 7) is 0. The maximum Gasteiger partial charge on any atom is 0.0436 e. The summed E-state index contributed by atoms with van der Waals surface area (Å²) in [4.78, 5) is 0. The average Bonchev–Trinajstić information content (AvgIpc) is 2.33. The molecule has 0 saturated carbocycles. The van der Waals surface area contributed by atoms with E-state index in [1.165, 1.54) is 17.3 Å². The molecule has 2 aromatic rings. The van der Waals surface area contributed by atoms with Crippen LogP contribution < -0.4 is 0 Å². The summed E-state index contributed by atoms with van der Waals surface area (Å²) in [6, 6.07) is 20.3. The molecule has 0 atom stereocenters. The summed E-state index contributed by atoms with van der Waals surface area (Å²) in [5.41, 5.74) is 2.33. The first-order chi connectivity index (χ1) is 7.42. The first-order valence-corrected chi connectivity index (χ1v) is 5.02. The van der Waals surface area contributed by atoms with E-state index in [2.05, 4.69) is 24.3 Å². The van der Waals surface area contributed by atoms with Crippen molar-refractivity contribution in [1.29, 1.82) is 5.41 Å². The Labute approximate surface area is 89.9 Å². The SMILES string of the molecule is N=CC(c1ccccc1)c1ccccc1. The van der Waals surface area contributed by atoms with Crippen molar-refractivity contribution < 1.29 is 0 Å². The van der Waals surface area contributed by atoms with Crippen LogP contribution in [-0.4, -0.2) is 6.21 Å². The minimum atomic E-state index is 0.0763. The second-order valence-corrected chi connectivity index (χ2v) is 3.47. The largest absolute Gasteiger partial charge is 0.312 e. The number of rotatable bonds is 3. The molecule has 0 aliphatic rings. The van der Waals surface area contributed by atoms with Crippen LogP contribution in [0.25, 0.3) is 0 Å². The van der Waals surface area contributed by atoms with Crippen molar-refractivity contribution in [2.75, 3.05) is 0 Å². The number of benzene rings is 2. The third kappa shape index (κ3) is 2.13. The Balaban J connectivity index is 2.38. The van der Waals surface area contributed by atoms with Crippen molar-refractivity contribution in [3.63, 3.8) is 0 Å². The molecule has 0 heterocycles. The van der Waals surface area contributed by atoms with Crippen LogP contribution in [0, 0.1) is 5.41 Å². The molecule has 0 aromatic heterocycles. The number of hydrogen-bond acceptors (Lipinski definition) is 1. The molecule has 1 N–H and O–H groups in total. The molecule has 2 aromatic carbocycles. The van der Waals surface area contributed by atoms with Crippen LogP contribution in [0.3, 0.4) is 0 Å². The predicted octanol–water partition coefficient (Wildman–Crippen LogP) is 3.47. The summed E-state index contributed by atoms with van der Waals surface area (Å²) in [7, 11) is 0. The summed E-state index contributed by atoms with van der Waals surface area (Å²) < 4.78 is 0. The zero-order chi connectivity index (χ0) is 10.5. The van der Waals surface area contributed by atoms with Gasteiger partial charge < -0.3 is 5.41 Å².